The molecule has 126 valence electrons. The van der Waals surface area contributed by atoms with E-state index >= 15 is 0 Å². The van der Waals surface area contributed by atoms with E-state index in [0.29, 0.717) is 24.5 Å². The molecule has 1 aromatic carbocycles. The van der Waals surface area contributed by atoms with Gasteiger partial charge in [0, 0.05) is 44.5 Å². The first-order valence-electron chi connectivity index (χ1n) is 8.34. The molecule has 23 heavy (non-hydrogen) atoms. The van der Waals surface area contributed by atoms with Crippen LogP contribution in [0.2, 0.25) is 5.02 Å². The average Bonchev–Trinajstić information content (AvgIpc) is 2.56. The quantitative estimate of drug-likeness (QED) is 0.800. The molecule has 0 radical (unpaired) electrons. The Morgan fingerprint density at radius 1 is 1.09 bits per heavy atom. The van der Waals surface area contributed by atoms with E-state index in [2.05, 4.69) is 0 Å². The van der Waals surface area contributed by atoms with Gasteiger partial charge < -0.3 is 9.80 Å². The fourth-order valence-electron chi connectivity index (χ4n) is 2.87. The van der Waals surface area contributed by atoms with Crippen LogP contribution in [0.1, 0.15) is 38.2 Å². The van der Waals surface area contributed by atoms with Crippen LogP contribution in [0.15, 0.2) is 24.3 Å². The minimum atomic E-state index is 0.0189. The van der Waals surface area contributed by atoms with E-state index in [0.717, 1.165) is 37.9 Å². The van der Waals surface area contributed by atoms with Crippen molar-refractivity contribution in [3.63, 3.8) is 0 Å². The Balaban J connectivity index is 1.80. The van der Waals surface area contributed by atoms with E-state index in [4.69, 9.17) is 11.6 Å². The number of halogens is 1. The van der Waals surface area contributed by atoms with Gasteiger partial charge >= 0.3 is 0 Å². The van der Waals surface area contributed by atoms with E-state index in [9.17, 15) is 9.59 Å². The van der Waals surface area contributed by atoms with E-state index in [1.54, 1.807) is 11.8 Å². The van der Waals surface area contributed by atoms with Crippen molar-refractivity contribution >= 4 is 23.4 Å². The third-order valence-electron chi connectivity index (χ3n) is 4.33. The second-order valence-electron chi connectivity index (χ2n) is 6.07. The molecule has 1 aliphatic rings. The lowest BCUT2D eigenvalue weighted by Gasteiger charge is -2.28. The van der Waals surface area contributed by atoms with Gasteiger partial charge in [-0.1, -0.05) is 23.7 Å². The van der Waals surface area contributed by atoms with Crippen LogP contribution in [0.5, 0.6) is 0 Å². The summed E-state index contributed by atoms with van der Waals surface area (Å²) in [6, 6.07) is 7.66. The smallest absolute Gasteiger partial charge is 0.224 e. The van der Waals surface area contributed by atoms with Crippen LogP contribution in [0.4, 0.5) is 0 Å². The highest BCUT2D eigenvalue weighted by molar-refractivity contribution is 6.30. The Hall–Kier alpha value is -1.55. The molecule has 4 nitrogen and oxygen atoms in total. The van der Waals surface area contributed by atoms with Crippen LogP contribution in [0.25, 0.3) is 0 Å². The molecule has 0 spiro atoms. The summed E-state index contributed by atoms with van der Waals surface area (Å²) in [5.74, 6) is 0.188. The predicted octanol–water partition coefficient (Wildman–Crippen LogP) is 3.13. The lowest BCUT2D eigenvalue weighted by Crippen LogP contribution is -2.39. The van der Waals surface area contributed by atoms with Crippen LogP contribution in [-0.4, -0.2) is 47.8 Å². The Morgan fingerprint density at radius 3 is 2.35 bits per heavy atom. The molecule has 0 aliphatic carbocycles. The van der Waals surface area contributed by atoms with Gasteiger partial charge in [-0.3, -0.25) is 9.59 Å². The van der Waals surface area contributed by atoms with Crippen LogP contribution >= 0.6 is 11.6 Å². The lowest BCUT2D eigenvalue weighted by molar-refractivity contribution is -0.134. The Kier molecular flexibility index (Phi) is 6.90. The van der Waals surface area contributed by atoms with Crippen molar-refractivity contribution in [1.82, 2.24) is 9.80 Å². The average molecular weight is 337 g/mol. The Labute approximate surface area is 143 Å². The van der Waals surface area contributed by atoms with Crippen molar-refractivity contribution in [1.29, 1.82) is 0 Å². The standard InChI is InChI=1S/C18H25ClN2O2/c1-15(22)20(13-9-16-5-7-17(19)8-6-16)14-10-18(23)21-11-3-2-4-12-21/h5-8H,2-4,9-14H2,1H3. The van der Waals surface area contributed by atoms with Gasteiger partial charge in [0.15, 0.2) is 0 Å². The van der Waals surface area contributed by atoms with Gasteiger partial charge in [0.25, 0.3) is 0 Å². The second-order valence-corrected chi connectivity index (χ2v) is 6.51. The summed E-state index contributed by atoms with van der Waals surface area (Å²) >= 11 is 5.88. The Morgan fingerprint density at radius 2 is 1.74 bits per heavy atom. The van der Waals surface area contributed by atoms with E-state index in [-0.39, 0.29) is 11.8 Å². The number of amides is 2. The number of nitrogens with zero attached hydrogens (tertiary/aromatic N) is 2. The summed E-state index contributed by atoms with van der Waals surface area (Å²) in [6.45, 7) is 4.42. The molecule has 0 saturated carbocycles. The van der Waals surface area contributed by atoms with Gasteiger partial charge in [0.05, 0.1) is 0 Å². The van der Waals surface area contributed by atoms with Crippen LogP contribution < -0.4 is 0 Å². The van der Waals surface area contributed by atoms with Gasteiger partial charge in [-0.05, 0) is 43.4 Å². The molecule has 0 N–H and O–H groups in total. The zero-order valence-corrected chi connectivity index (χ0v) is 14.5. The molecule has 2 rings (SSSR count). The summed E-state index contributed by atoms with van der Waals surface area (Å²) < 4.78 is 0. The van der Waals surface area contributed by atoms with Crippen molar-refractivity contribution in [2.45, 2.75) is 39.0 Å². The number of hydrogen-bond donors (Lipinski definition) is 0. The SMILES string of the molecule is CC(=O)N(CCC(=O)N1CCCCC1)CCc1ccc(Cl)cc1. The summed E-state index contributed by atoms with van der Waals surface area (Å²) in [5, 5.41) is 0.712. The third kappa shape index (κ3) is 5.87. The monoisotopic (exact) mass is 336 g/mol. The molecule has 1 saturated heterocycles. The lowest BCUT2D eigenvalue weighted by atomic mass is 10.1. The van der Waals surface area contributed by atoms with Crippen LogP contribution in [-0.2, 0) is 16.0 Å². The molecule has 1 fully saturated rings. The van der Waals surface area contributed by atoms with Crippen molar-refractivity contribution in [2.24, 2.45) is 0 Å². The molecule has 1 aromatic rings. The van der Waals surface area contributed by atoms with Gasteiger partial charge in [0.1, 0.15) is 0 Å². The molecule has 5 heteroatoms. The number of rotatable bonds is 6. The predicted molar refractivity (Wildman–Crippen MR) is 92.5 cm³/mol. The molecular formula is C18H25ClN2O2. The second kappa shape index (κ2) is 8.92. The fourth-order valence-corrected chi connectivity index (χ4v) is 3.00. The van der Waals surface area contributed by atoms with Gasteiger partial charge in [-0.2, -0.15) is 0 Å². The summed E-state index contributed by atoms with van der Waals surface area (Å²) in [6.07, 6.45) is 4.59. The number of likely N-dealkylation sites (tertiary alicyclic amines) is 1. The third-order valence-corrected chi connectivity index (χ3v) is 4.59. The normalized spacial score (nSPS) is 14.6. The van der Waals surface area contributed by atoms with E-state index < -0.39 is 0 Å². The maximum absolute atomic E-state index is 12.2. The zero-order valence-electron chi connectivity index (χ0n) is 13.8. The van der Waals surface area contributed by atoms with Gasteiger partial charge in [0.2, 0.25) is 11.8 Å². The number of benzene rings is 1. The van der Waals surface area contributed by atoms with E-state index in [1.807, 2.05) is 29.2 Å². The maximum atomic E-state index is 12.2. The Bertz CT molecular complexity index is 524. The summed E-state index contributed by atoms with van der Waals surface area (Å²) in [5.41, 5.74) is 1.14. The fraction of sp³-hybridized carbons (Fsp3) is 0.556. The topological polar surface area (TPSA) is 40.6 Å². The minimum absolute atomic E-state index is 0.0189. The van der Waals surface area contributed by atoms with Crippen LogP contribution in [0, 0.1) is 0 Å². The molecule has 0 unspecified atom stereocenters. The van der Waals surface area contributed by atoms with Gasteiger partial charge in [-0.25, -0.2) is 0 Å². The van der Waals surface area contributed by atoms with Crippen LogP contribution in [0.3, 0.4) is 0 Å². The molecule has 0 bridgehead atoms. The van der Waals surface area contributed by atoms with Crippen molar-refractivity contribution in [2.75, 3.05) is 26.2 Å². The highest BCUT2D eigenvalue weighted by Gasteiger charge is 2.18. The minimum Gasteiger partial charge on any atom is -0.343 e. The number of carbonyl (C=O) groups excluding carboxylic acids is 2. The molecular weight excluding hydrogens is 312 g/mol. The zero-order chi connectivity index (χ0) is 16.7. The number of hydrogen-bond acceptors (Lipinski definition) is 2. The highest BCUT2D eigenvalue weighted by Crippen LogP contribution is 2.12. The number of piperidine rings is 1. The highest BCUT2D eigenvalue weighted by atomic mass is 35.5. The molecule has 0 aromatic heterocycles. The summed E-state index contributed by atoms with van der Waals surface area (Å²) in [7, 11) is 0. The molecule has 1 heterocycles. The van der Waals surface area contributed by atoms with Crippen molar-refractivity contribution in [3.05, 3.63) is 34.9 Å². The van der Waals surface area contributed by atoms with E-state index in [1.165, 1.54) is 6.42 Å². The van der Waals surface area contributed by atoms with Gasteiger partial charge in [-0.15, -0.1) is 0 Å². The number of carbonyl (C=O) groups is 2. The molecule has 0 atom stereocenters. The first-order valence-corrected chi connectivity index (χ1v) is 8.72. The molecule has 1 aliphatic heterocycles. The maximum Gasteiger partial charge on any atom is 0.224 e. The molecule has 2 amide bonds. The first-order chi connectivity index (χ1) is 11.1. The first kappa shape index (κ1) is 17.8. The largest absolute Gasteiger partial charge is 0.343 e. The van der Waals surface area contributed by atoms with Crippen molar-refractivity contribution < 1.29 is 9.59 Å². The van der Waals surface area contributed by atoms with Crippen molar-refractivity contribution in [3.8, 4) is 0 Å². The summed E-state index contributed by atoms with van der Waals surface area (Å²) in [4.78, 5) is 27.7.